The Labute approximate surface area is 455 Å². The van der Waals surface area contributed by atoms with Crippen molar-refractivity contribution in [3.05, 3.63) is 0 Å². The van der Waals surface area contributed by atoms with Gasteiger partial charge in [0.2, 0.25) is 0 Å². The molecule has 0 aromatic rings. The van der Waals surface area contributed by atoms with E-state index in [0.29, 0.717) is 44.9 Å². The monoisotopic (exact) mass is 1100 g/mol. The van der Waals surface area contributed by atoms with E-state index in [2.05, 4.69) is 6.92 Å². The lowest BCUT2D eigenvalue weighted by Crippen LogP contribution is -2.79. The van der Waals surface area contributed by atoms with Crippen LogP contribution in [0.25, 0.3) is 0 Å². The first-order valence-corrected chi connectivity index (χ1v) is 28.5. The maximum Gasteiger partial charge on any atom is 0.306 e. The normalized spacial score (nSPS) is 50.5. The molecule has 0 radical (unpaired) electrons. The van der Waals surface area contributed by atoms with Crippen molar-refractivity contribution in [1.29, 1.82) is 0 Å². The summed E-state index contributed by atoms with van der Waals surface area (Å²) >= 11 is 0. The van der Waals surface area contributed by atoms with Crippen molar-refractivity contribution in [2.75, 3.05) is 28.4 Å². The molecule has 4 saturated carbocycles. The topological polar surface area (TPSA) is 265 Å². The summed E-state index contributed by atoms with van der Waals surface area (Å²) in [6.07, 6.45) is -9.11. The minimum Gasteiger partial charge on any atom is -0.462 e. The smallest absolute Gasteiger partial charge is 0.306 e. The van der Waals surface area contributed by atoms with Crippen LogP contribution in [0, 0.1) is 28.6 Å². The molecule has 4 aliphatic carbocycles. The van der Waals surface area contributed by atoms with Gasteiger partial charge in [-0.3, -0.25) is 9.59 Å². The second-order valence-corrected chi connectivity index (χ2v) is 24.8. The van der Waals surface area contributed by atoms with Crippen LogP contribution >= 0.6 is 0 Å². The fraction of sp³-hybridized carbons (Fsp3) is 0.964. The van der Waals surface area contributed by atoms with Gasteiger partial charge in [0.15, 0.2) is 25.2 Å². The van der Waals surface area contributed by atoms with E-state index >= 15 is 0 Å². The molecule has 0 aromatic carbocycles. The predicted molar refractivity (Wildman–Crippen MR) is 271 cm³/mol. The average Bonchev–Trinajstić information content (AvgIpc) is 3.81. The molecule has 8 aliphatic rings. The Morgan fingerprint density at radius 2 is 1.14 bits per heavy atom. The lowest BCUT2D eigenvalue weighted by molar-refractivity contribution is -0.356. The van der Waals surface area contributed by atoms with Gasteiger partial charge in [0, 0.05) is 61.0 Å². The zero-order valence-corrected chi connectivity index (χ0v) is 48.0. The van der Waals surface area contributed by atoms with Gasteiger partial charge in [-0.2, -0.15) is 0 Å². The number of carbonyl (C=O) groups excluding carboxylic acids is 2. The Bertz CT molecular complexity index is 2000. The highest BCUT2D eigenvalue weighted by Crippen LogP contribution is 2.72. The summed E-state index contributed by atoms with van der Waals surface area (Å²) in [6, 6.07) is 0. The van der Waals surface area contributed by atoms with Crippen LogP contribution in [0.3, 0.4) is 0 Å². The molecule has 8 fully saturated rings. The maximum atomic E-state index is 13.5. The molecule has 0 amide bonds. The van der Waals surface area contributed by atoms with E-state index in [4.69, 9.17) is 66.3 Å². The fourth-order valence-corrected chi connectivity index (χ4v) is 15.7. The highest BCUT2D eigenvalue weighted by atomic mass is 16.8. The highest BCUT2D eigenvalue weighted by Gasteiger charge is 2.82. The molecule has 27 atom stereocenters. The number of hydrogen-bond acceptors (Lipinski definition) is 21. The molecular formula is C56H94O21. The second kappa shape index (κ2) is 23.9. The molecule has 77 heavy (non-hydrogen) atoms. The van der Waals surface area contributed by atoms with Crippen LogP contribution in [-0.2, 0) is 75.9 Å². The number of aliphatic hydroxyl groups is 5. The maximum absolute atomic E-state index is 13.5. The molecule has 21 heteroatoms. The van der Waals surface area contributed by atoms with Crippen molar-refractivity contribution in [3.63, 3.8) is 0 Å². The third-order valence-corrected chi connectivity index (χ3v) is 20.1. The number of aliphatic hydroxyl groups excluding tert-OH is 2. The molecule has 0 aromatic heterocycles. The predicted octanol–water partition coefficient (Wildman–Crippen LogP) is 3.98. The average molecular weight is 1100 g/mol. The number of fused-ring (bicyclic) bond motifs is 5. The third-order valence-electron chi connectivity index (χ3n) is 20.1. The minimum atomic E-state index is -1.87. The summed E-state index contributed by atoms with van der Waals surface area (Å²) in [7, 11) is 6.26. The van der Waals surface area contributed by atoms with E-state index in [1.807, 2.05) is 34.6 Å². The van der Waals surface area contributed by atoms with Crippen molar-refractivity contribution in [2.24, 2.45) is 28.6 Å². The van der Waals surface area contributed by atoms with E-state index in [0.717, 1.165) is 0 Å². The standard InChI is InChI=1S/C56H94O21/c1-27(2)21-41(58)74-40-26-39-52(9)17-16-35(22-34(52)15-18-55(39,62)56(63)20-19-54(61,53(40,56)10)32(7)72-33(8)57)73-42-23-36(64-11)47(29(4)68-42)75-43-24-37(65-12)48(30(5)69-43)76-44-25-38(66-13)49(31(6)70-44)77-51-46(60)50(67-14)45(59)28(3)71-51/h27-32,34-40,42-51,59-63H,15-26H2,1-14H3. The van der Waals surface area contributed by atoms with Crippen LogP contribution in [0.4, 0.5) is 0 Å². The number of hydrogen-bond donors (Lipinski definition) is 5. The summed E-state index contributed by atoms with van der Waals surface area (Å²) in [5.74, 6) is -1.40. The molecule has 0 spiro atoms. The summed E-state index contributed by atoms with van der Waals surface area (Å²) in [4.78, 5) is 25.8. The first kappa shape index (κ1) is 61.3. The summed E-state index contributed by atoms with van der Waals surface area (Å²) in [5, 5.41) is 60.3. The van der Waals surface area contributed by atoms with Gasteiger partial charge in [-0.15, -0.1) is 0 Å². The van der Waals surface area contributed by atoms with Gasteiger partial charge >= 0.3 is 11.9 Å². The van der Waals surface area contributed by atoms with Crippen LogP contribution in [0.2, 0.25) is 0 Å². The van der Waals surface area contributed by atoms with Crippen molar-refractivity contribution < 1.29 is 101 Å². The van der Waals surface area contributed by atoms with E-state index in [9.17, 15) is 35.1 Å². The summed E-state index contributed by atoms with van der Waals surface area (Å²) < 4.78 is 86.8. The molecule has 5 N–H and O–H groups in total. The zero-order valence-electron chi connectivity index (χ0n) is 48.0. The van der Waals surface area contributed by atoms with Gasteiger partial charge in [0.05, 0.1) is 59.8 Å². The Morgan fingerprint density at radius 3 is 1.65 bits per heavy atom. The van der Waals surface area contributed by atoms with Gasteiger partial charge in [0.25, 0.3) is 0 Å². The third kappa shape index (κ3) is 11.2. The molecular weight excluding hydrogens is 1010 g/mol. The summed E-state index contributed by atoms with van der Waals surface area (Å²) in [6.45, 7) is 18.0. The van der Waals surface area contributed by atoms with Crippen molar-refractivity contribution in [1.82, 2.24) is 0 Å². The lowest BCUT2D eigenvalue weighted by Gasteiger charge is -2.69. The van der Waals surface area contributed by atoms with Crippen LogP contribution < -0.4 is 0 Å². The molecule has 21 nitrogen and oxygen atoms in total. The van der Waals surface area contributed by atoms with Crippen LogP contribution in [-0.4, -0.2) is 206 Å². The Morgan fingerprint density at radius 1 is 0.610 bits per heavy atom. The number of rotatable bonds is 17. The fourth-order valence-electron chi connectivity index (χ4n) is 15.7. The Balaban J connectivity index is 0.870. The van der Waals surface area contributed by atoms with Crippen LogP contribution in [0.1, 0.15) is 146 Å². The summed E-state index contributed by atoms with van der Waals surface area (Å²) in [5.41, 5.74) is -7.33. The molecule has 4 heterocycles. The van der Waals surface area contributed by atoms with Gasteiger partial charge < -0.3 is 91.8 Å². The van der Waals surface area contributed by atoms with Gasteiger partial charge in [0.1, 0.15) is 60.0 Å². The molecule has 444 valence electrons. The van der Waals surface area contributed by atoms with Crippen LogP contribution in [0.5, 0.6) is 0 Å². The first-order chi connectivity index (χ1) is 36.2. The van der Waals surface area contributed by atoms with Gasteiger partial charge in [-0.25, -0.2) is 0 Å². The van der Waals surface area contributed by atoms with E-state index in [1.54, 1.807) is 42.1 Å². The zero-order chi connectivity index (χ0) is 56.3. The molecule has 4 aliphatic heterocycles. The Hall–Kier alpha value is -1.74. The van der Waals surface area contributed by atoms with E-state index < -0.39 is 162 Å². The number of carbonyl (C=O) groups is 2. The van der Waals surface area contributed by atoms with Crippen molar-refractivity contribution in [2.45, 2.75) is 286 Å². The van der Waals surface area contributed by atoms with E-state index in [1.165, 1.54) is 14.0 Å². The molecule has 27 unspecified atom stereocenters. The molecule has 8 rings (SSSR count). The number of esters is 2. The molecule has 4 saturated heterocycles. The number of methoxy groups -OCH3 is 4. The van der Waals surface area contributed by atoms with Gasteiger partial charge in [-0.05, 0) is 109 Å². The van der Waals surface area contributed by atoms with Gasteiger partial charge in [-0.1, -0.05) is 27.7 Å². The van der Waals surface area contributed by atoms with Crippen molar-refractivity contribution >= 4 is 11.9 Å². The molecule has 0 bridgehead atoms. The minimum absolute atomic E-state index is 0.0105. The first-order valence-electron chi connectivity index (χ1n) is 28.5. The SMILES string of the molecule is COC1CC(OC2CCC3(C)C(CCC4(O)C3CC(OC(=O)CC(C)C)C3(C)C(O)(C(C)OC(C)=O)CCC43O)C2)OC(C)C1OC1CC(OC)C(OC2CC(OC)C(OC3OC(C)C(O)C(OC)C3O)C(C)O2)C(C)O1. The quantitative estimate of drug-likeness (QED) is 0.102. The lowest BCUT2D eigenvalue weighted by atomic mass is 9.40. The highest BCUT2D eigenvalue weighted by molar-refractivity contribution is 5.70. The Kier molecular flexibility index (Phi) is 19.0. The second-order valence-electron chi connectivity index (χ2n) is 24.8. The van der Waals surface area contributed by atoms with Crippen LogP contribution in [0.15, 0.2) is 0 Å². The largest absolute Gasteiger partial charge is 0.462 e. The van der Waals surface area contributed by atoms with E-state index in [-0.39, 0.29) is 50.0 Å². The number of ether oxygens (including phenoxy) is 14. The van der Waals surface area contributed by atoms with Crippen molar-refractivity contribution in [3.8, 4) is 0 Å².